The number of sulfonamides is 1. The highest BCUT2D eigenvalue weighted by Gasteiger charge is 2.35. The number of fused-ring (bicyclic) bond motifs is 1. The molecule has 3 heterocycles. The van der Waals surface area contributed by atoms with E-state index in [4.69, 9.17) is 4.74 Å². The molecule has 0 bridgehead atoms. The standard InChI is InChI=1S/C27H22F3N5O6S3/c1-13-5-7-17(41-12-22(36)33-44(39,40)25-14(2)31-15(3)42-25)10-18(13)24-19-9-16(6-8-20(19)43-32-24)35-23(37)11-21(27(28,29)30)34(4)26(35)38/h5-11H,12H2,1-4H3,(H,33,36). The quantitative estimate of drug-likeness (QED) is 0.274. The second kappa shape index (κ2) is 11.3. The van der Waals surface area contributed by atoms with Crippen LogP contribution >= 0.6 is 22.9 Å². The van der Waals surface area contributed by atoms with Crippen LogP contribution in [0.2, 0.25) is 0 Å². The third-order valence-corrected chi connectivity index (χ3v) is 10.4. The summed E-state index contributed by atoms with van der Waals surface area (Å²) in [4.78, 5) is 42.0. The average molecular weight is 666 g/mol. The van der Waals surface area contributed by atoms with Gasteiger partial charge < -0.3 is 4.74 Å². The summed E-state index contributed by atoms with van der Waals surface area (Å²) < 4.78 is 78.8. The molecule has 0 atom stereocenters. The molecule has 0 aliphatic rings. The number of amides is 1. The Morgan fingerprint density at radius 1 is 1.07 bits per heavy atom. The van der Waals surface area contributed by atoms with Crippen LogP contribution in [0.3, 0.4) is 0 Å². The lowest BCUT2D eigenvalue weighted by Crippen LogP contribution is -2.40. The first-order valence-corrected chi connectivity index (χ1v) is 15.7. The predicted octanol–water partition coefficient (Wildman–Crippen LogP) is 4.10. The van der Waals surface area contributed by atoms with E-state index in [9.17, 15) is 36.0 Å². The van der Waals surface area contributed by atoms with E-state index in [2.05, 4.69) is 9.36 Å². The minimum atomic E-state index is -4.89. The first kappa shape index (κ1) is 31.1. The van der Waals surface area contributed by atoms with Crippen molar-refractivity contribution in [1.29, 1.82) is 0 Å². The number of carbonyl (C=O) groups excluding carboxylic acids is 1. The molecule has 17 heteroatoms. The molecule has 2 aromatic carbocycles. The smallest absolute Gasteiger partial charge is 0.431 e. The average Bonchev–Trinajstić information content (AvgIpc) is 3.51. The van der Waals surface area contributed by atoms with E-state index in [-0.39, 0.29) is 21.3 Å². The monoisotopic (exact) mass is 665 g/mol. The topological polar surface area (TPSA) is 142 Å². The summed E-state index contributed by atoms with van der Waals surface area (Å²) in [5, 5.41) is 1.05. The number of ether oxygens (including phenoxy) is 1. The molecule has 0 fully saturated rings. The van der Waals surface area contributed by atoms with Crippen LogP contribution in [0.1, 0.15) is 22.0 Å². The molecule has 0 saturated heterocycles. The minimum absolute atomic E-state index is 0.0487. The maximum atomic E-state index is 13.3. The fourth-order valence-electron chi connectivity index (χ4n) is 4.48. The van der Waals surface area contributed by atoms with Crippen LogP contribution in [-0.4, -0.2) is 39.4 Å². The van der Waals surface area contributed by atoms with Crippen molar-refractivity contribution in [3.63, 3.8) is 0 Å². The van der Waals surface area contributed by atoms with Gasteiger partial charge in [-0.15, -0.1) is 11.3 Å². The van der Waals surface area contributed by atoms with Crippen molar-refractivity contribution >= 4 is 48.9 Å². The van der Waals surface area contributed by atoms with E-state index >= 15 is 0 Å². The van der Waals surface area contributed by atoms with Crippen molar-refractivity contribution in [3.8, 4) is 22.7 Å². The summed E-state index contributed by atoms with van der Waals surface area (Å²) in [6.07, 6.45) is -4.89. The molecule has 0 aliphatic carbocycles. The lowest BCUT2D eigenvalue weighted by molar-refractivity contribution is -0.144. The third kappa shape index (κ3) is 5.89. The molecular formula is C27H22F3N5O6S3. The highest BCUT2D eigenvalue weighted by molar-refractivity contribution is 7.92. The summed E-state index contributed by atoms with van der Waals surface area (Å²) in [5.74, 6) is -0.669. The van der Waals surface area contributed by atoms with Crippen LogP contribution in [0.25, 0.3) is 27.0 Å². The van der Waals surface area contributed by atoms with E-state index < -0.39 is 45.7 Å². The molecule has 11 nitrogen and oxygen atoms in total. The zero-order valence-corrected chi connectivity index (χ0v) is 25.8. The Morgan fingerprint density at radius 3 is 2.45 bits per heavy atom. The summed E-state index contributed by atoms with van der Waals surface area (Å²) in [6.45, 7) is 4.36. The molecule has 0 aliphatic heterocycles. The fraction of sp³-hybridized carbons (Fsp3) is 0.222. The van der Waals surface area contributed by atoms with E-state index in [0.29, 0.717) is 41.6 Å². The van der Waals surface area contributed by atoms with Gasteiger partial charge in [0.1, 0.15) is 11.4 Å². The van der Waals surface area contributed by atoms with Gasteiger partial charge in [-0.3, -0.25) is 14.2 Å². The fourth-order valence-corrected chi connectivity index (χ4v) is 7.70. The maximum absolute atomic E-state index is 13.3. The Labute approximate surface area is 255 Å². The van der Waals surface area contributed by atoms with Gasteiger partial charge >= 0.3 is 11.9 Å². The van der Waals surface area contributed by atoms with Gasteiger partial charge in [-0.1, -0.05) is 6.07 Å². The number of thiazole rings is 1. The van der Waals surface area contributed by atoms with Crippen LogP contribution in [0.15, 0.2) is 56.3 Å². The van der Waals surface area contributed by atoms with E-state index in [1.807, 2.05) is 4.72 Å². The largest absolute Gasteiger partial charge is 0.484 e. The van der Waals surface area contributed by atoms with Gasteiger partial charge in [-0.05, 0) is 68.2 Å². The number of halogens is 3. The zero-order chi connectivity index (χ0) is 32.1. The first-order valence-electron chi connectivity index (χ1n) is 12.6. The lowest BCUT2D eigenvalue weighted by Gasteiger charge is -2.14. The van der Waals surface area contributed by atoms with Gasteiger partial charge in [0.25, 0.3) is 21.5 Å². The van der Waals surface area contributed by atoms with Crippen LogP contribution in [0, 0.1) is 20.8 Å². The second-order valence-corrected chi connectivity index (χ2v) is 13.5. The molecule has 0 radical (unpaired) electrons. The molecule has 0 spiro atoms. The normalized spacial score (nSPS) is 12.1. The summed E-state index contributed by atoms with van der Waals surface area (Å²) >= 11 is 2.07. The Bertz CT molecular complexity index is 2180. The minimum Gasteiger partial charge on any atom is -0.484 e. The Morgan fingerprint density at radius 2 is 1.80 bits per heavy atom. The van der Waals surface area contributed by atoms with Gasteiger partial charge in [0, 0.05) is 24.1 Å². The summed E-state index contributed by atoms with van der Waals surface area (Å²) in [5.41, 5.74) is -1.59. The van der Waals surface area contributed by atoms with Crippen LogP contribution in [0.4, 0.5) is 13.2 Å². The molecular weight excluding hydrogens is 644 g/mol. The number of aryl methyl sites for hydroxylation is 3. The van der Waals surface area contributed by atoms with Crippen molar-refractivity contribution in [3.05, 3.63) is 85.3 Å². The molecule has 5 rings (SSSR count). The molecule has 44 heavy (non-hydrogen) atoms. The number of hydrogen-bond donors (Lipinski definition) is 1. The van der Waals surface area contributed by atoms with Gasteiger partial charge in [0.15, 0.2) is 10.8 Å². The first-order chi connectivity index (χ1) is 20.6. The van der Waals surface area contributed by atoms with E-state index in [0.717, 1.165) is 35.5 Å². The number of alkyl halides is 3. The van der Waals surface area contributed by atoms with Crippen LogP contribution in [0.5, 0.6) is 5.75 Å². The third-order valence-electron chi connectivity index (χ3n) is 6.51. The number of hydrogen-bond acceptors (Lipinski definition) is 10. The predicted molar refractivity (Wildman–Crippen MR) is 158 cm³/mol. The van der Waals surface area contributed by atoms with Crippen molar-refractivity contribution in [1.82, 2.24) is 23.2 Å². The number of nitrogens with zero attached hydrogens (tertiary/aromatic N) is 4. The van der Waals surface area contributed by atoms with Gasteiger partial charge in [-0.25, -0.2) is 27.5 Å². The van der Waals surface area contributed by atoms with Crippen molar-refractivity contribution < 1.29 is 31.1 Å². The number of rotatable bonds is 7. The number of carbonyl (C=O) groups is 1. The number of nitrogens with one attached hydrogen (secondary N) is 1. The van der Waals surface area contributed by atoms with Crippen LogP contribution in [-0.2, 0) is 28.0 Å². The van der Waals surface area contributed by atoms with Crippen molar-refractivity contribution in [2.45, 2.75) is 31.2 Å². The number of benzene rings is 2. The van der Waals surface area contributed by atoms with Crippen LogP contribution < -0.4 is 20.7 Å². The zero-order valence-electron chi connectivity index (χ0n) is 23.3. The summed E-state index contributed by atoms with van der Waals surface area (Å²) in [6, 6.07) is 9.77. The number of aromatic nitrogens is 4. The Hall–Kier alpha value is -4.35. The molecule has 230 valence electrons. The van der Waals surface area contributed by atoms with E-state index in [1.54, 1.807) is 38.1 Å². The maximum Gasteiger partial charge on any atom is 0.431 e. The van der Waals surface area contributed by atoms with Gasteiger partial charge in [0.2, 0.25) is 0 Å². The second-order valence-electron chi connectivity index (χ2n) is 9.65. The SMILES string of the molecule is Cc1nc(C)c(S(=O)(=O)NC(=O)COc2ccc(C)c(-c3nsc4ccc(-n5c(=O)cc(C(F)(F)F)n(C)c5=O)cc34)c2)s1. The lowest BCUT2D eigenvalue weighted by atomic mass is 10.0. The molecule has 0 unspecified atom stereocenters. The van der Waals surface area contributed by atoms with Crippen molar-refractivity contribution in [2.75, 3.05) is 6.61 Å². The highest BCUT2D eigenvalue weighted by Crippen LogP contribution is 2.36. The summed E-state index contributed by atoms with van der Waals surface area (Å²) in [7, 11) is -3.20. The molecule has 1 amide bonds. The highest BCUT2D eigenvalue weighted by atomic mass is 32.2. The molecule has 0 saturated carbocycles. The van der Waals surface area contributed by atoms with Gasteiger partial charge in [0.05, 0.1) is 26.8 Å². The molecule has 1 N–H and O–H groups in total. The molecule has 3 aromatic heterocycles. The van der Waals surface area contributed by atoms with Crippen molar-refractivity contribution in [2.24, 2.45) is 7.05 Å². The van der Waals surface area contributed by atoms with Gasteiger partial charge in [-0.2, -0.15) is 17.5 Å². The Kier molecular flexibility index (Phi) is 7.98. The Balaban J connectivity index is 1.44. The van der Waals surface area contributed by atoms with E-state index in [1.165, 1.54) is 19.1 Å². The molecule has 5 aromatic rings.